The van der Waals surface area contributed by atoms with Gasteiger partial charge in [0.25, 0.3) is 0 Å². The second kappa shape index (κ2) is 4.60. The predicted octanol–water partition coefficient (Wildman–Crippen LogP) is 3.06. The van der Waals surface area contributed by atoms with Crippen LogP contribution in [0.4, 0.5) is 0 Å². The molecule has 3 unspecified atom stereocenters. The summed E-state index contributed by atoms with van der Waals surface area (Å²) in [6.45, 7) is 3.03. The molecular weight excluding hydrogens is 234 g/mol. The zero-order valence-electron chi connectivity index (χ0n) is 10.1. The zero-order chi connectivity index (χ0) is 11.8. The molecular formula is C14H18ClNO. The Morgan fingerprint density at radius 1 is 1.41 bits per heavy atom. The molecule has 1 aromatic carbocycles. The largest absolute Gasteiger partial charge is 0.373 e. The SMILES string of the molecule is Cc1cc(Cl)ccc1CNC1CC2CCC1O2. The van der Waals surface area contributed by atoms with Crippen LogP contribution in [-0.2, 0) is 11.3 Å². The Hall–Kier alpha value is -0.570. The van der Waals surface area contributed by atoms with Gasteiger partial charge in [-0.2, -0.15) is 0 Å². The first-order valence-corrected chi connectivity index (χ1v) is 6.74. The highest BCUT2D eigenvalue weighted by Gasteiger charge is 2.40. The van der Waals surface area contributed by atoms with Crippen molar-refractivity contribution in [2.45, 2.75) is 51.0 Å². The van der Waals surface area contributed by atoms with Gasteiger partial charge < -0.3 is 10.1 Å². The van der Waals surface area contributed by atoms with E-state index in [0.29, 0.717) is 18.2 Å². The third-order valence-corrected chi connectivity index (χ3v) is 4.20. The minimum atomic E-state index is 0.451. The molecule has 0 amide bonds. The molecule has 2 heterocycles. The maximum absolute atomic E-state index is 5.96. The number of halogens is 1. The van der Waals surface area contributed by atoms with Crippen molar-refractivity contribution in [3.63, 3.8) is 0 Å². The standard InChI is InChI=1S/C14H18ClNO/c1-9-6-11(15)3-2-10(9)8-16-13-7-12-4-5-14(13)17-12/h2-3,6,12-14,16H,4-5,7-8H2,1H3. The summed E-state index contributed by atoms with van der Waals surface area (Å²) >= 11 is 5.96. The first-order chi connectivity index (χ1) is 8.22. The number of fused-ring (bicyclic) bond motifs is 2. The summed E-state index contributed by atoms with van der Waals surface area (Å²) in [5.41, 5.74) is 2.59. The van der Waals surface area contributed by atoms with Crippen molar-refractivity contribution in [1.29, 1.82) is 0 Å². The molecule has 2 aliphatic heterocycles. The van der Waals surface area contributed by atoms with Crippen molar-refractivity contribution < 1.29 is 4.74 Å². The Kier molecular flexibility index (Phi) is 3.12. The lowest BCUT2D eigenvalue weighted by molar-refractivity contribution is 0.0973. The normalized spacial score (nSPS) is 31.1. The summed E-state index contributed by atoms with van der Waals surface area (Å²) in [5, 5.41) is 4.44. The number of aryl methyl sites for hydroxylation is 1. The van der Waals surface area contributed by atoms with E-state index >= 15 is 0 Å². The molecule has 2 fully saturated rings. The van der Waals surface area contributed by atoms with Crippen LogP contribution in [0.3, 0.4) is 0 Å². The number of benzene rings is 1. The van der Waals surface area contributed by atoms with Gasteiger partial charge in [0.05, 0.1) is 12.2 Å². The topological polar surface area (TPSA) is 21.3 Å². The molecule has 0 spiro atoms. The summed E-state index contributed by atoms with van der Waals surface area (Å²) in [6.07, 6.45) is 4.62. The molecule has 0 aliphatic carbocycles. The summed E-state index contributed by atoms with van der Waals surface area (Å²) in [5.74, 6) is 0. The molecule has 1 N–H and O–H groups in total. The molecule has 1 aromatic rings. The van der Waals surface area contributed by atoms with Gasteiger partial charge in [0.2, 0.25) is 0 Å². The molecule has 0 aromatic heterocycles. The number of hydrogen-bond acceptors (Lipinski definition) is 2. The van der Waals surface area contributed by atoms with Crippen molar-refractivity contribution in [3.05, 3.63) is 34.3 Å². The molecule has 3 atom stereocenters. The van der Waals surface area contributed by atoms with Crippen molar-refractivity contribution in [2.24, 2.45) is 0 Å². The van der Waals surface area contributed by atoms with Crippen LogP contribution in [-0.4, -0.2) is 18.2 Å². The molecule has 2 saturated heterocycles. The van der Waals surface area contributed by atoms with Gasteiger partial charge in [0, 0.05) is 17.6 Å². The Morgan fingerprint density at radius 2 is 2.29 bits per heavy atom. The number of ether oxygens (including phenoxy) is 1. The molecule has 3 heteroatoms. The van der Waals surface area contributed by atoms with Gasteiger partial charge in [0.1, 0.15) is 0 Å². The smallest absolute Gasteiger partial charge is 0.0733 e. The highest BCUT2D eigenvalue weighted by molar-refractivity contribution is 6.30. The fourth-order valence-electron chi connectivity index (χ4n) is 2.95. The summed E-state index contributed by atoms with van der Waals surface area (Å²) in [4.78, 5) is 0. The lowest BCUT2D eigenvalue weighted by Gasteiger charge is -2.20. The highest BCUT2D eigenvalue weighted by Crippen LogP contribution is 2.34. The summed E-state index contributed by atoms with van der Waals surface area (Å²) < 4.78 is 5.84. The van der Waals surface area contributed by atoms with Gasteiger partial charge in [-0.3, -0.25) is 0 Å². The van der Waals surface area contributed by atoms with E-state index in [1.165, 1.54) is 30.4 Å². The Balaban J connectivity index is 1.60. The van der Waals surface area contributed by atoms with Crippen LogP contribution in [0, 0.1) is 6.92 Å². The average molecular weight is 252 g/mol. The van der Waals surface area contributed by atoms with Gasteiger partial charge in [-0.25, -0.2) is 0 Å². The molecule has 0 saturated carbocycles. The Labute approximate surface area is 107 Å². The fourth-order valence-corrected chi connectivity index (χ4v) is 3.18. The maximum Gasteiger partial charge on any atom is 0.0733 e. The Morgan fingerprint density at radius 3 is 2.94 bits per heavy atom. The summed E-state index contributed by atoms with van der Waals surface area (Å²) in [7, 11) is 0. The number of nitrogens with one attached hydrogen (secondary N) is 1. The van der Waals surface area contributed by atoms with E-state index in [9.17, 15) is 0 Å². The lowest BCUT2D eigenvalue weighted by Crippen LogP contribution is -2.37. The first-order valence-electron chi connectivity index (χ1n) is 6.36. The molecule has 17 heavy (non-hydrogen) atoms. The van der Waals surface area contributed by atoms with Crippen molar-refractivity contribution in [3.8, 4) is 0 Å². The molecule has 2 aliphatic rings. The van der Waals surface area contributed by atoms with Gasteiger partial charge in [-0.05, 0) is 49.4 Å². The van der Waals surface area contributed by atoms with Crippen LogP contribution < -0.4 is 5.32 Å². The summed E-state index contributed by atoms with van der Waals surface area (Å²) in [6, 6.07) is 6.64. The van der Waals surface area contributed by atoms with Crippen LogP contribution in [0.25, 0.3) is 0 Å². The van der Waals surface area contributed by atoms with Gasteiger partial charge in [-0.15, -0.1) is 0 Å². The van der Waals surface area contributed by atoms with Crippen molar-refractivity contribution in [1.82, 2.24) is 5.32 Å². The third kappa shape index (κ3) is 2.35. The van der Waals surface area contributed by atoms with E-state index in [2.05, 4.69) is 18.3 Å². The third-order valence-electron chi connectivity index (χ3n) is 3.97. The molecule has 3 rings (SSSR count). The van der Waals surface area contributed by atoms with E-state index in [1.54, 1.807) is 0 Å². The highest BCUT2D eigenvalue weighted by atomic mass is 35.5. The van der Waals surface area contributed by atoms with Crippen LogP contribution in [0.5, 0.6) is 0 Å². The van der Waals surface area contributed by atoms with E-state index < -0.39 is 0 Å². The molecule has 92 valence electrons. The van der Waals surface area contributed by atoms with E-state index in [0.717, 1.165) is 11.6 Å². The molecule has 2 nitrogen and oxygen atoms in total. The van der Waals surface area contributed by atoms with E-state index in [1.807, 2.05) is 12.1 Å². The average Bonchev–Trinajstić information content (AvgIpc) is 2.89. The van der Waals surface area contributed by atoms with Gasteiger partial charge in [-0.1, -0.05) is 17.7 Å². The fraction of sp³-hybridized carbons (Fsp3) is 0.571. The number of rotatable bonds is 3. The van der Waals surface area contributed by atoms with Gasteiger partial charge in [0.15, 0.2) is 0 Å². The van der Waals surface area contributed by atoms with Crippen molar-refractivity contribution >= 4 is 11.6 Å². The second-order valence-electron chi connectivity index (χ2n) is 5.17. The minimum Gasteiger partial charge on any atom is -0.373 e. The first kappa shape index (κ1) is 11.5. The lowest BCUT2D eigenvalue weighted by atomic mass is 9.95. The minimum absolute atomic E-state index is 0.451. The second-order valence-corrected chi connectivity index (χ2v) is 5.60. The van der Waals surface area contributed by atoms with Crippen LogP contribution in [0.15, 0.2) is 18.2 Å². The van der Waals surface area contributed by atoms with E-state index in [-0.39, 0.29) is 0 Å². The van der Waals surface area contributed by atoms with Gasteiger partial charge >= 0.3 is 0 Å². The van der Waals surface area contributed by atoms with Crippen LogP contribution >= 0.6 is 11.6 Å². The number of hydrogen-bond donors (Lipinski definition) is 1. The Bertz CT molecular complexity index is 421. The van der Waals surface area contributed by atoms with Crippen LogP contribution in [0.1, 0.15) is 30.4 Å². The monoisotopic (exact) mass is 251 g/mol. The van der Waals surface area contributed by atoms with Crippen LogP contribution in [0.2, 0.25) is 5.02 Å². The molecule has 2 bridgehead atoms. The quantitative estimate of drug-likeness (QED) is 0.892. The van der Waals surface area contributed by atoms with Crippen molar-refractivity contribution in [2.75, 3.05) is 0 Å². The predicted molar refractivity (Wildman–Crippen MR) is 69.3 cm³/mol. The molecule has 0 radical (unpaired) electrons. The maximum atomic E-state index is 5.96. The van der Waals surface area contributed by atoms with E-state index in [4.69, 9.17) is 16.3 Å². The zero-order valence-corrected chi connectivity index (χ0v) is 10.8.